The van der Waals surface area contributed by atoms with E-state index in [0.29, 0.717) is 11.3 Å². The van der Waals surface area contributed by atoms with Crippen LogP contribution >= 0.6 is 0 Å². The van der Waals surface area contributed by atoms with Gasteiger partial charge in [0.2, 0.25) is 0 Å². The number of carbonyl (C=O) groups is 1. The minimum Gasteiger partial charge on any atom is -0.508 e. The molecular formula is C18H22O2. The topological polar surface area (TPSA) is 37.3 Å². The van der Waals surface area contributed by atoms with Gasteiger partial charge in [0, 0.05) is 0 Å². The normalized spacial score (nSPS) is 19.9. The SMILES string of the molecule is C\C(C=O)=C/C=C/C=C(C)/C=C/C=C1\CCCC=C1O. The number of carbonyl (C=O) groups excluding carboxylic acids is 1. The number of rotatable bonds is 5. The minimum absolute atomic E-state index is 0.414. The first-order chi connectivity index (χ1) is 9.63. The van der Waals surface area contributed by atoms with Crippen molar-refractivity contribution in [3.8, 4) is 0 Å². The van der Waals surface area contributed by atoms with Crippen LogP contribution in [0.4, 0.5) is 0 Å². The van der Waals surface area contributed by atoms with Gasteiger partial charge in [0.05, 0.1) is 0 Å². The van der Waals surface area contributed by atoms with Crippen LogP contribution in [0.15, 0.2) is 71.1 Å². The Morgan fingerprint density at radius 3 is 2.50 bits per heavy atom. The van der Waals surface area contributed by atoms with Crippen molar-refractivity contribution in [1.82, 2.24) is 0 Å². The molecule has 20 heavy (non-hydrogen) atoms. The third kappa shape index (κ3) is 6.19. The number of aliphatic hydroxyl groups excluding tert-OH is 1. The first-order valence-electron chi connectivity index (χ1n) is 6.87. The molecule has 1 N–H and O–H groups in total. The lowest BCUT2D eigenvalue weighted by atomic mass is 9.99. The molecule has 1 aliphatic rings. The maximum Gasteiger partial charge on any atom is 0.145 e. The number of hydrogen-bond donors (Lipinski definition) is 1. The molecule has 0 aromatic carbocycles. The summed E-state index contributed by atoms with van der Waals surface area (Å²) in [4.78, 5) is 10.4. The molecule has 0 aromatic heterocycles. The Hall–Kier alpha value is -2.09. The van der Waals surface area contributed by atoms with Gasteiger partial charge in [-0.05, 0) is 50.3 Å². The van der Waals surface area contributed by atoms with Crippen LogP contribution in [0, 0.1) is 0 Å². The highest BCUT2D eigenvalue weighted by molar-refractivity contribution is 5.72. The summed E-state index contributed by atoms with van der Waals surface area (Å²) in [6.07, 6.45) is 19.1. The summed E-state index contributed by atoms with van der Waals surface area (Å²) in [6.45, 7) is 3.77. The molecule has 0 unspecified atom stereocenters. The average Bonchev–Trinajstić information content (AvgIpc) is 2.45. The summed E-state index contributed by atoms with van der Waals surface area (Å²) in [5.41, 5.74) is 2.81. The summed E-state index contributed by atoms with van der Waals surface area (Å²) in [5, 5.41) is 9.68. The highest BCUT2D eigenvalue weighted by atomic mass is 16.3. The number of aldehydes is 1. The summed E-state index contributed by atoms with van der Waals surface area (Å²) < 4.78 is 0. The van der Waals surface area contributed by atoms with E-state index < -0.39 is 0 Å². The highest BCUT2D eigenvalue weighted by Crippen LogP contribution is 2.21. The van der Waals surface area contributed by atoms with E-state index in [4.69, 9.17) is 0 Å². The van der Waals surface area contributed by atoms with Gasteiger partial charge in [0.15, 0.2) is 0 Å². The van der Waals surface area contributed by atoms with Crippen molar-refractivity contribution in [3.05, 3.63) is 71.1 Å². The lowest BCUT2D eigenvalue weighted by Crippen LogP contribution is -1.94. The lowest BCUT2D eigenvalue weighted by molar-refractivity contribution is -0.104. The maximum atomic E-state index is 10.4. The number of hydrogen-bond acceptors (Lipinski definition) is 2. The zero-order chi connectivity index (χ0) is 14.8. The monoisotopic (exact) mass is 270 g/mol. The molecule has 0 radical (unpaired) electrons. The molecule has 106 valence electrons. The van der Waals surface area contributed by atoms with Gasteiger partial charge in [-0.25, -0.2) is 0 Å². The largest absolute Gasteiger partial charge is 0.508 e. The molecule has 0 heterocycles. The molecule has 0 spiro atoms. The van der Waals surface area contributed by atoms with E-state index in [9.17, 15) is 9.90 Å². The Balaban J connectivity index is 2.57. The van der Waals surface area contributed by atoms with Crippen LogP contribution in [-0.2, 0) is 4.79 Å². The van der Waals surface area contributed by atoms with Crippen molar-refractivity contribution in [2.75, 3.05) is 0 Å². The highest BCUT2D eigenvalue weighted by Gasteiger charge is 2.06. The quantitative estimate of drug-likeness (QED) is 0.445. The smallest absolute Gasteiger partial charge is 0.145 e. The number of aliphatic hydroxyl groups is 1. The minimum atomic E-state index is 0.414. The average molecular weight is 270 g/mol. The fraction of sp³-hybridized carbons (Fsp3) is 0.278. The van der Waals surface area contributed by atoms with Crippen LogP contribution in [0.2, 0.25) is 0 Å². The predicted octanol–water partition coefficient (Wildman–Crippen LogP) is 4.74. The van der Waals surface area contributed by atoms with E-state index in [1.165, 1.54) is 0 Å². The van der Waals surface area contributed by atoms with E-state index in [1.54, 1.807) is 13.0 Å². The molecule has 0 amide bonds. The summed E-state index contributed by atoms with van der Waals surface area (Å²) in [5.74, 6) is 0.414. The Morgan fingerprint density at radius 1 is 1.15 bits per heavy atom. The second kappa shape index (κ2) is 8.92. The molecule has 0 bridgehead atoms. The Morgan fingerprint density at radius 2 is 1.85 bits per heavy atom. The van der Waals surface area contributed by atoms with Crippen molar-refractivity contribution in [2.24, 2.45) is 0 Å². The van der Waals surface area contributed by atoms with E-state index in [-0.39, 0.29) is 0 Å². The van der Waals surface area contributed by atoms with E-state index in [0.717, 1.165) is 36.7 Å². The molecule has 2 heteroatoms. The Bertz CT molecular complexity index is 512. The second-order valence-electron chi connectivity index (χ2n) is 4.86. The summed E-state index contributed by atoms with van der Waals surface area (Å²) >= 11 is 0. The third-order valence-corrected chi connectivity index (χ3v) is 2.99. The molecule has 0 aromatic rings. The molecule has 2 nitrogen and oxygen atoms in total. The van der Waals surface area contributed by atoms with Crippen LogP contribution in [-0.4, -0.2) is 11.4 Å². The molecule has 1 aliphatic carbocycles. The van der Waals surface area contributed by atoms with Gasteiger partial charge in [0.25, 0.3) is 0 Å². The van der Waals surface area contributed by atoms with Crippen molar-refractivity contribution in [3.63, 3.8) is 0 Å². The molecule has 0 aliphatic heterocycles. The van der Waals surface area contributed by atoms with E-state index >= 15 is 0 Å². The van der Waals surface area contributed by atoms with Crippen LogP contribution in [0.25, 0.3) is 0 Å². The zero-order valence-corrected chi connectivity index (χ0v) is 12.2. The van der Waals surface area contributed by atoms with Gasteiger partial charge in [-0.15, -0.1) is 0 Å². The molecule has 0 saturated heterocycles. The maximum absolute atomic E-state index is 10.4. The van der Waals surface area contributed by atoms with Crippen LogP contribution < -0.4 is 0 Å². The van der Waals surface area contributed by atoms with Crippen LogP contribution in [0.3, 0.4) is 0 Å². The van der Waals surface area contributed by atoms with Crippen molar-refractivity contribution in [1.29, 1.82) is 0 Å². The Labute approximate surface area is 121 Å². The third-order valence-electron chi connectivity index (χ3n) is 2.99. The van der Waals surface area contributed by atoms with Crippen LogP contribution in [0.1, 0.15) is 33.1 Å². The number of allylic oxidation sites excluding steroid dienone is 11. The van der Waals surface area contributed by atoms with Crippen molar-refractivity contribution < 1.29 is 9.90 Å². The standard InChI is InChI=1S/C18H22O2/c1-15(8-3-4-9-16(2)14-19)10-7-12-17-11-5-6-13-18(17)20/h3-4,7-10,12-14,20H,5-6,11H2,1-2H3/b4-3+,10-7+,15-8+,16-9+,17-12+. The second-order valence-corrected chi connectivity index (χ2v) is 4.86. The van der Waals surface area contributed by atoms with Crippen molar-refractivity contribution in [2.45, 2.75) is 33.1 Å². The predicted molar refractivity (Wildman–Crippen MR) is 84.5 cm³/mol. The molecule has 0 atom stereocenters. The molecule has 0 saturated carbocycles. The van der Waals surface area contributed by atoms with Gasteiger partial charge in [-0.3, -0.25) is 4.79 Å². The summed E-state index contributed by atoms with van der Waals surface area (Å²) in [7, 11) is 0. The van der Waals surface area contributed by atoms with E-state index in [1.807, 2.05) is 49.5 Å². The molecular weight excluding hydrogens is 248 g/mol. The van der Waals surface area contributed by atoms with Gasteiger partial charge in [-0.2, -0.15) is 0 Å². The van der Waals surface area contributed by atoms with Gasteiger partial charge in [0.1, 0.15) is 12.0 Å². The van der Waals surface area contributed by atoms with Gasteiger partial charge < -0.3 is 5.11 Å². The first kappa shape index (κ1) is 16.0. The van der Waals surface area contributed by atoms with Gasteiger partial charge >= 0.3 is 0 Å². The molecule has 0 fully saturated rings. The lowest BCUT2D eigenvalue weighted by Gasteiger charge is -2.10. The van der Waals surface area contributed by atoms with E-state index in [2.05, 4.69) is 0 Å². The molecule has 1 rings (SSSR count). The summed E-state index contributed by atoms with van der Waals surface area (Å²) in [6, 6.07) is 0. The first-order valence-corrected chi connectivity index (χ1v) is 6.87. The fourth-order valence-electron chi connectivity index (χ4n) is 1.78. The van der Waals surface area contributed by atoms with Gasteiger partial charge in [-0.1, -0.05) is 48.1 Å². The van der Waals surface area contributed by atoms with Crippen molar-refractivity contribution >= 4 is 6.29 Å². The Kier molecular flexibility index (Phi) is 7.12. The van der Waals surface area contributed by atoms with Crippen LogP contribution in [0.5, 0.6) is 0 Å². The fourth-order valence-corrected chi connectivity index (χ4v) is 1.78. The zero-order valence-electron chi connectivity index (χ0n) is 12.2.